The molecular formula is C22H21FN2O. The van der Waals surface area contributed by atoms with Crippen LogP contribution >= 0.6 is 0 Å². The third-order valence-electron chi connectivity index (χ3n) is 4.01. The average molecular weight is 348 g/mol. The molecule has 0 aliphatic rings. The lowest BCUT2D eigenvalue weighted by atomic mass is 10.1. The Morgan fingerprint density at radius 1 is 1.00 bits per heavy atom. The Hall–Kier alpha value is -3.14. The van der Waals surface area contributed by atoms with Crippen LogP contribution < -0.4 is 10.2 Å². The van der Waals surface area contributed by atoms with E-state index >= 15 is 0 Å². The topological polar surface area (TPSA) is 33.6 Å². The van der Waals surface area contributed by atoms with E-state index in [9.17, 15) is 4.39 Å². The molecule has 0 radical (unpaired) electrons. The number of anilines is 1. The fourth-order valence-corrected chi connectivity index (χ4v) is 2.51. The first-order chi connectivity index (χ1) is 12.6. The molecule has 132 valence electrons. The molecule has 0 spiro atoms. The molecule has 0 amide bonds. The predicted molar refractivity (Wildman–Crippen MR) is 104 cm³/mol. The fraction of sp³-hybridized carbons (Fsp3) is 0.136. The highest BCUT2D eigenvalue weighted by molar-refractivity contribution is 5.80. The highest BCUT2D eigenvalue weighted by Gasteiger charge is 2.01. The van der Waals surface area contributed by atoms with E-state index in [2.05, 4.69) is 42.6 Å². The van der Waals surface area contributed by atoms with Gasteiger partial charge in [0.2, 0.25) is 0 Å². The first-order valence-electron chi connectivity index (χ1n) is 8.44. The summed E-state index contributed by atoms with van der Waals surface area (Å²) in [5, 5.41) is 4.17. The molecule has 3 aromatic carbocycles. The van der Waals surface area contributed by atoms with Gasteiger partial charge in [-0.25, -0.2) is 4.39 Å². The van der Waals surface area contributed by atoms with Crippen LogP contribution in [-0.4, -0.2) is 6.21 Å². The van der Waals surface area contributed by atoms with E-state index in [1.54, 1.807) is 18.3 Å². The SMILES string of the molecule is Cc1ccc(C)c(COc2cccc(C=NNc3ccc(F)cc3)c2)c1. The van der Waals surface area contributed by atoms with Crippen LogP contribution in [0.25, 0.3) is 0 Å². The molecule has 1 N–H and O–H groups in total. The molecule has 0 bridgehead atoms. The van der Waals surface area contributed by atoms with Crippen molar-refractivity contribution in [3.05, 3.63) is 94.8 Å². The zero-order valence-corrected chi connectivity index (χ0v) is 14.9. The maximum absolute atomic E-state index is 12.9. The maximum Gasteiger partial charge on any atom is 0.123 e. The standard InChI is InChI=1S/C22H21FN2O/c1-16-6-7-17(2)19(12-16)15-26-22-5-3-4-18(13-22)14-24-25-21-10-8-20(23)9-11-21/h3-14,25H,15H2,1-2H3. The third kappa shape index (κ3) is 4.93. The van der Waals surface area contributed by atoms with Crippen LogP contribution in [0, 0.1) is 19.7 Å². The quantitative estimate of drug-likeness (QED) is 0.473. The van der Waals surface area contributed by atoms with Gasteiger partial charge in [-0.15, -0.1) is 0 Å². The van der Waals surface area contributed by atoms with Crippen molar-refractivity contribution >= 4 is 11.9 Å². The van der Waals surface area contributed by atoms with Crippen LogP contribution in [-0.2, 0) is 6.61 Å². The first-order valence-corrected chi connectivity index (χ1v) is 8.44. The molecule has 4 heteroatoms. The average Bonchev–Trinajstić information content (AvgIpc) is 2.64. The minimum absolute atomic E-state index is 0.270. The number of halogens is 1. The van der Waals surface area contributed by atoms with Crippen molar-refractivity contribution < 1.29 is 9.13 Å². The fourth-order valence-electron chi connectivity index (χ4n) is 2.51. The van der Waals surface area contributed by atoms with Crippen LogP contribution in [0.5, 0.6) is 5.75 Å². The van der Waals surface area contributed by atoms with Gasteiger partial charge >= 0.3 is 0 Å². The summed E-state index contributed by atoms with van der Waals surface area (Å²) in [4.78, 5) is 0. The number of rotatable bonds is 6. The molecule has 3 rings (SSSR count). The molecule has 0 saturated heterocycles. The second kappa shape index (κ2) is 8.30. The second-order valence-electron chi connectivity index (χ2n) is 6.17. The summed E-state index contributed by atoms with van der Waals surface area (Å²) in [6.45, 7) is 4.69. The molecule has 26 heavy (non-hydrogen) atoms. The number of hydrogen-bond donors (Lipinski definition) is 1. The molecule has 0 aromatic heterocycles. The normalized spacial score (nSPS) is 10.9. The highest BCUT2D eigenvalue weighted by atomic mass is 19.1. The van der Waals surface area contributed by atoms with E-state index in [1.165, 1.54) is 28.8 Å². The molecule has 0 unspecified atom stereocenters. The molecule has 0 saturated carbocycles. The summed E-state index contributed by atoms with van der Waals surface area (Å²) in [5.41, 5.74) is 8.14. The van der Waals surface area contributed by atoms with Crippen molar-refractivity contribution in [1.29, 1.82) is 0 Å². The van der Waals surface area contributed by atoms with Crippen molar-refractivity contribution in [3.63, 3.8) is 0 Å². The third-order valence-corrected chi connectivity index (χ3v) is 4.01. The molecule has 3 nitrogen and oxygen atoms in total. The number of hydrogen-bond acceptors (Lipinski definition) is 3. The zero-order chi connectivity index (χ0) is 18.4. The lowest BCUT2D eigenvalue weighted by molar-refractivity contribution is 0.305. The number of hydrazone groups is 1. The predicted octanol–water partition coefficient (Wildman–Crippen LogP) is 5.47. The Balaban J connectivity index is 1.61. The van der Waals surface area contributed by atoms with Crippen molar-refractivity contribution in [2.45, 2.75) is 20.5 Å². The van der Waals surface area contributed by atoms with Crippen molar-refractivity contribution in [2.75, 3.05) is 5.43 Å². The van der Waals surface area contributed by atoms with Gasteiger partial charge in [0, 0.05) is 0 Å². The number of aryl methyl sites for hydroxylation is 2. The zero-order valence-electron chi connectivity index (χ0n) is 14.9. The van der Waals surface area contributed by atoms with Gasteiger partial charge in [0.1, 0.15) is 18.2 Å². The number of nitrogens with one attached hydrogen (secondary N) is 1. The van der Waals surface area contributed by atoms with Crippen LogP contribution in [0.1, 0.15) is 22.3 Å². The van der Waals surface area contributed by atoms with Crippen LogP contribution in [0.3, 0.4) is 0 Å². The Bertz CT molecular complexity index is 904. The van der Waals surface area contributed by atoms with Gasteiger partial charge in [0.15, 0.2) is 0 Å². The van der Waals surface area contributed by atoms with Crippen molar-refractivity contribution in [3.8, 4) is 5.75 Å². The van der Waals surface area contributed by atoms with Crippen LogP contribution in [0.15, 0.2) is 71.8 Å². The van der Waals surface area contributed by atoms with Gasteiger partial charge in [-0.1, -0.05) is 35.9 Å². The van der Waals surface area contributed by atoms with Crippen LogP contribution in [0.4, 0.5) is 10.1 Å². The summed E-state index contributed by atoms with van der Waals surface area (Å²) in [6, 6.07) is 20.1. The Morgan fingerprint density at radius 3 is 2.62 bits per heavy atom. The monoisotopic (exact) mass is 348 g/mol. The second-order valence-corrected chi connectivity index (χ2v) is 6.17. The van der Waals surface area contributed by atoms with Gasteiger partial charge in [-0.05, 0) is 66.9 Å². The largest absolute Gasteiger partial charge is 0.489 e. The molecule has 0 aliphatic carbocycles. The summed E-state index contributed by atoms with van der Waals surface area (Å²) in [6.07, 6.45) is 1.70. The van der Waals surface area contributed by atoms with E-state index in [0.29, 0.717) is 6.61 Å². The van der Waals surface area contributed by atoms with Crippen molar-refractivity contribution in [2.24, 2.45) is 5.10 Å². The minimum atomic E-state index is -0.270. The van der Waals surface area contributed by atoms with Crippen molar-refractivity contribution in [1.82, 2.24) is 0 Å². The Morgan fingerprint density at radius 2 is 1.81 bits per heavy atom. The lowest BCUT2D eigenvalue weighted by Crippen LogP contribution is -1.99. The maximum atomic E-state index is 12.9. The van der Waals surface area contributed by atoms with Gasteiger partial charge in [0.05, 0.1) is 11.9 Å². The lowest BCUT2D eigenvalue weighted by Gasteiger charge is -2.10. The minimum Gasteiger partial charge on any atom is -0.489 e. The highest BCUT2D eigenvalue weighted by Crippen LogP contribution is 2.17. The molecule has 0 heterocycles. The summed E-state index contributed by atoms with van der Waals surface area (Å²) >= 11 is 0. The molecular weight excluding hydrogens is 327 g/mol. The summed E-state index contributed by atoms with van der Waals surface area (Å²) in [5.74, 6) is 0.518. The molecule has 0 fully saturated rings. The Labute approximate surface area is 153 Å². The summed E-state index contributed by atoms with van der Waals surface area (Å²) in [7, 11) is 0. The van der Waals surface area contributed by atoms with Gasteiger partial charge in [-0.2, -0.15) is 5.10 Å². The van der Waals surface area contributed by atoms with Gasteiger partial charge in [0.25, 0.3) is 0 Å². The molecule has 0 atom stereocenters. The van der Waals surface area contributed by atoms with E-state index in [4.69, 9.17) is 4.74 Å². The first kappa shape index (κ1) is 17.7. The number of nitrogens with zero attached hydrogens (tertiary/aromatic N) is 1. The number of benzene rings is 3. The summed E-state index contributed by atoms with van der Waals surface area (Å²) < 4.78 is 18.8. The van der Waals surface area contributed by atoms with E-state index in [0.717, 1.165) is 17.0 Å². The smallest absolute Gasteiger partial charge is 0.123 e. The van der Waals surface area contributed by atoms with E-state index in [1.807, 2.05) is 24.3 Å². The van der Waals surface area contributed by atoms with E-state index in [-0.39, 0.29) is 5.82 Å². The number of ether oxygens (including phenoxy) is 1. The van der Waals surface area contributed by atoms with Gasteiger partial charge < -0.3 is 4.74 Å². The molecule has 3 aromatic rings. The van der Waals surface area contributed by atoms with Crippen LogP contribution in [0.2, 0.25) is 0 Å². The molecule has 0 aliphatic heterocycles. The van der Waals surface area contributed by atoms with E-state index < -0.39 is 0 Å². The van der Waals surface area contributed by atoms with Gasteiger partial charge in [-0.3, -0.25) is 5.43 Å². The Kier molecular flexibility index (Phi) is 5.64.